The van der Waals surface area contributed by atoms with Gasteiger partial charge in [-0.3, -0.25) is 9.59 Å². The number of nitrogens with one attached hydrogen (secondary N) is 2. The molecule has 0 fully saturated rings. The number of thioether (sulfide) groups is 1. The lowest BCUT2D eigenvalue weighted by Crippen LogP contribution is -2.48. The number of hydrogen-bond donors (Lipinski definition) is 2. The predicted octanol–water partition coefficient (Wildman–Crippen LogP) is 5.97. The first-order valence-corrected chi connectivity index (χ1v) is 11.2. The fraction of sp³-hybridized carbons (Fsp3) is 0.222. The second-order valence-corrected chi connectivity index (χ2v) is 11.6. The molecule has 2 aromatic carbocycles. The van der Waals surface area contributed by atoms with Gasteiger partial charge in [0.25, 0.3) is 11.8 Å². The van der Waals surface area contributed by atoms with Gasteiger partial charge in [-0.2, -0.15) is 0 Å². The number of amides is 2. The molecule has 2 amide bonds. The first-order chi connectivity index (χ1) is 13.5. The summed E-state index contributed by atoms with van der Waals surface area (Å²) < 4.78 is -3.92. The predicted molar refractivity (Wildman–Crippen MR) is 124 cm³/mol. The Morgan fingerprint density at radius 3 is 1.24 bits per heavy atom. The first-order valence-electron chi connectivity index (χ1n) is 7.99. The third-order valence-corrected chi connectivity index (χ3v) is 7.04. The van der Waals surface area contributed by atoms with Gasteiger partial charge in [-0.05, 0) is 24.3 Å². The number of rotatable bonds is 6. The van der Waals surface area contributed by atoms with E-state index in [4.69, 9.17) is 69.6 Å². The number of hydrogen-bond acceptors (Lipinski definition) is 3. The van der Waals surface area contributed by atoms with Gasteiger partial charge in [0.15, 0.2) is 0 Å². The van der Waals surface area contributed by atoms with E-state index < -0.39 is 30.1 Å². The van der Waals surface area contributed by atoms with Crippen molar-refractivity contribution in [2.75, 3.05) is 0 Å². The summed E-state index contributed by atoms with van der Waals surface area (Å²) in [7, 11) is 0. The molecular formula is C18H14Cl6N2O2S. The normalized spacial score (nSPS) is 14.0. The van der Waals surface area contributed by atoms with Gasteiger partial charge in [0.2, 0.25) is 7.59 Å². The maximum atomic E-state index is 12.5. The van der Waals surface area contributed by atoms with Crippen molar-refractivity contribution in [3.8, 4) is 0 Å². The molecule has 0 saturated heterocycles. The lowest BCUT2D eigenvalue weighted by atomic mass is 10.2. The van der Waals surface area contributed by atoms with Crippen molar-refractivity contribution in [1.82, 2.24) is 10.6 Å². The van der Waals surface area contributed by atoms with Crippen molar-refractivity contribution in [2.45, 2.75) is 18.3 Å². The van der Waals surface area contributed by atoms with E-state index in [0.717, 1.165) is 11.8 Å². The fourth-order valence-electron chi connectivity index (χ4n) is 2.11. The molecule has 29 heavy (non-hydrogen) atoms. The van der Waals surface area contributed by atoms with E-state index in [9.17, 15) is 9.59 Å². The first kappa shape index (κ1) is 24.7. The van der Waals surface area contributed by atoms with E-state index >= 15 is 0 Å². The van der Waals surface area contributed by atoms with Gasteiger partial charge in [-0.25, -0.2) is 0 Å². The van der Waals surface area contributed by atoms with Gasteiger partial charge in [-0.15, -0.1) is 11.8 Å². The molecule has 0 aliphatic heterocycles. The molecule has 0 radical (unpaired) electrons. The van der Waals surface area contributed by atoms with Crippen LogP contribution in [0.1, 0.15) is 20.7 Å². The highest BCUT2D eigenvalue weighted by atomic mass is 35.6. The van der Waals surface area contributed by atoms with Crippen molar-refractivity contribution in [1.29, 1.82) is 0 Å². The molecule has 2 aromatic rings. The summed E-state index contributed by atoms with van der Waals surface area (Å²) in [5.41, 5.74) is 0.706. The van der Waals surface area contributed by atoms with Gasteiger partial charge in [-0.1, -0.05) is 106 Å². The summed E-state index contributed by atoms with van der Waals surface area (Å²) in [6.07, 6.45) is 0. The number of carbonyl (C=O) groups is 2. The molecular weight excluding hydrogens is 521 g/mol. The minimum Gasteiger partial charge on any atom is -0.336 e. The van der Waals surface area contributed by atoms with Crippen LogP contribution < -0.4 is 10.6 Å². The Morgan fingerprint density at radius 1 is 0.655 bits per heavy atom. The van der Waals surface area contributed by atoms with Crippen molar-refractivity contribution in [2.24, 2.45) is 0 Å². The standard InChI is InChI=1S/C18H14Cl6N2O2S/c19-17(20,21)15(25-13(27)11-7-3-1-4-8-11)29-16(18(22,23)24)26-14(28)12-9-5-2-6-10-12/h1-10,15-16H,(H,25,27)(H,26,28)/t15-,16+. The van der Waals surface area contributed by atoms with Crippen molar-refractivity contribution in [3.05, 3.63) is 71.8 Å². The van der Waals surface area contributed by atoms with Crippen LogP contribution in [0, 0.1) is 0 Å². The minimum atomic E-state index is -1.96. The molecule has 0 saturated carbocycles. The number of alkyl halides is 6. The van der Waals surface area contributed by atoms with Gasteiger partial charge in [0.05, 0.1) is 0 Å². The van der Waals surface area contributed by atoms with Gasteiger partial charge < -0.3 is 10.6 Å². The van der Waals surface area contributed by atoms with E-state index in [0.29, 0.717) is 11.1 Å². The van der Waals surface area contributed by atoms with Crippen LogP contribution in [0.3, 0.4) is 0 Å². The lowest BCUT2D eigenvalue weighted by Gasteiger charge is -2.32. The summed E-state index contributed by atoms with van der Waals surface area (Å²) >= 11 is 37.0. The van der Waals surface area contributed by atoms with E-state index in [1.807, 2.05) is 0 Å². The zero-order chi connectivity index (χ0) is 21.7. The number of halogens is 6. The summed E-state index contributed by atoms with van der Waals surface area (Å²) in [5.74, 6) is -0.987. The van der Waals surface area contributed by atoms with Crippen LogP contribution in [0.2, 0.25) is 0 Å². The quantitative estimate of drug-likeness (QED) is 0.354. The summed E-state index contributed by atoms with van der Waals surface area (Å²) in [6, 6.07) is 16.7. The average Bonchev–Trinajstić information content (AvgIpc) is 2.66. The Bertz CT molecular complexity index is 758. The van der Waals surface area contributed by atoms with Crippen molar-refractivity contribution in [3.63, 3.8) is 0 Å². The molecule has 2 rings (SSSR count). The monoisotopic (exact) mass is 532 g/mol. The molecule has 2 N–H and O–H groups in total. The third-order valence-electron chi connectivity index (χ3n) is 3.46. The maximum Gasteiger partial charge on any atom is 0.252 e. The zero-order valence-corrected chi connectivity index (χ0v) is 19.8. The molecule has 0 aliphatic carbocycles. The molecule has 0 heterocycles. The Kier molecular flexibility index (Phi) is 9.10. The Labute approximate surface area is 202 Å². The van der Waals surface area contributed by atoms with E-state index in [1.54, 1.807) is 60.7 Å². The van der Waals surface area contributed by atoms with Crippen LogP contribution in [-0.2, 0) is 0 Å². The summed E-state index contributed by atoms with van der Waals surface area (Å²) in [6.45, 7) is 0. The van der Waals surface area contributed by atoms with Crippen LogP contribution in [0.25, 0.3) is 0 Å². The van der Waals surface area contributed by atoms with Crippen LogP contribution in [-0.4, -0.2) is 30.1 Å². The summed E-state index contributed by atoms with van der Waals surface area (Å²) in [4.78, 5) is 25.0. The van der Waals surface area contributed by atoms with E-state index in [2.05, 4.69) is 10.6 Å². The maximum absolute atomic E-state index is 12.5. The molecule has 0 unspecified atom stereocenters. The van der Waals surface area contributed by atoms with Gasteiger partial charge in [0, 0.05) is 11.1 Å². The minimum absolute atomic E-state index is 0.353. The molecule has 0 spiro atoms. The lowest BCUT2D eigenvalue weighted by molar-refractivity contribution is 0.0945. The Balaban J connectivity index is 2.20. The molecule has 11 heteroatoms. The highest BCUT2D eigenvalue weighted by molar-refractivity contribution is 8.01. The molecule has 2 atom stereocenters. The smallest absolute Gasteiger partial charge is 0.252 e. The largest absolute Gasteiger partial charge is 0.336 e. The Morgan fingerprint density at radius 2 is 0.966 bits per heavy atom. The zero-order valence-electron chi connectivity index (χ0n) is 14.4. The second kappa shape index (κ2) is 10.7. The number of benzene rings is 2. The highest BCUT2D eigenvalue weighted by Gasteiger charge is 2.43. The number of carbonyl (C=O) groups excluding carboxylic acids is 2. The molecule has 0 aliphatic rings. The highest BCUT2D eigenvalue weighted by Crippen LogP contribution is 2.43. The van der Waals surface area contributed by atoms with E-state index in [-0.39, 0.29) is 0 Å². The molecule has 0 bridgehead atoms. The van der Waals surface area contributed by atoms with Crippen molar-refractivity contribution >= 4 is 93.2 Å². The average molecular weight is 535 g/mol. The van der Waals surface area contributed by atoms with Crippen LogP contribution in [0.15, 0.2) is 60.7 Å². The molecule has 156 valence electrons. The molecule has 4 nitrogen and oxygen atoms in total. The van der Waals surface area contributed by atoms with Crippen LogP contribution >= 0.6 is 81.4 Å². The third kappa shape index (κ3) is 7.91. The van der Waals surface area contributed by atoms with Crippen molar-refractivity contribution < 1.29 is 9.59 Å². The van der Waals surface area contributed by atoms with Gasteiger partial charge >= 0.3 is 0 Å². The Hall–Kier alpha value is -0.530. The van der Waals surface area contributed by atoms with E-state index in [1.165, 1.54) is 0 Å². The van der Waals surface area contributed by atoms with Gasteiger partial charge in [0.1, 0.15) is 10.7 Å². The second-order valence-electron chi connectivity index (χ2n) is 5.66. The fourth-order valence-corrected chi connectivity index (χ4v) is 4.29. The molecule has 0 aromatic heterocycles. The van der Waals surface area contributed by atoms with Crippen LogP contribution in [0.5, 0.6) is 0 Å². The van der Waals surface area contributed by atoms with Crippen LogP contribution in [0.4, 0.5) is 0 Å². The SMILES string of the molecule is O=C(N[C@H](S[C@H](NC(=O)c1ccccc1)C(Cl)(Cl)Cl)C(Cl)(Cl)Cl)c1ccccc1. The summed E-state index contributed by atoms with van der Waals surface area (Å²) in [5, 5.41) is 2.90. The topological polar surface area (TPSA) is 58.2 Å².